The van der Waals surface area contributed by atoms with Crippen LogP contribution in [-0.2, 0) is 16.2 Å². The highest BCUT2D eigenvalue weighted by molar-refractivity contribution is 6.11. The second-order valence-electron chi connectivity index (χ2n) is 18.9. The van der Waals surface area contributed by atoms with E-state index in [1.165, 1.54) is 116 Å². The fourth-order valence-electron chi connectivity index (χ4n) is 11.7. The van der Waals surface area contributed by atoms with Crippen molar-refractivity contribution in [2.75, 3.05) is 4.90 Å². The molecule has 0 unspecified atom stereocenters. The minimum Gasteiger partial charge on any atom is -0.310 e. The number of fused-ring (bicyclic) bond motifs is 9. The van der Waals surface area contributed by atoms with Gasteiger partial charge >= 0.3 is 0 Å². The summed E-state index contributed by atoms with van der Waals surface area (Å²) in [6.45, 7) is 14.4. The third kappa shape index (κ3) is 4.64. The van der Waals surface area contributed by atoms with Crippen molar-refractivity contribution in [3.63, 3.8) is 0 Å². The molecule has 0 atom stereocenters. The van der Waals surface area contributed by atoms with E-state index in [2.05, 4.69) is 222 Å². The molecule has 0 amide bonds. The van der Waals surface area contributed by atoms with Crippen LogP contribution in [0, 0.1) is 0 Å². The third-order valence-electron chi connectivity index (χ3n) is 14.6. The summed E-state index contributed by atoms with van der Waals surface area (Å²) < 4.78 is 0. The van der Waals surface area contributed by atoms with E-state index in [1.54, 1.807) is 0 Å². The van der Waals surface area contributed by atoms with Gasteiger partial charge in [-0.05, 0) is 124 Å². The summed E-state index contributed by atoms with van der Waals surface area (Å²) in [7, 11) is 0. The van der Waals surface area contributed by atoms with Crippen molar-refractivity contribution in [2.24, 2.45) is 0 Å². The van der Waals surface area contributed by atoms with Crippen LogP contribution in [0.3, 0.4) is 0 Å². The highest BCUT2D eigenvalue weighted by Crippen LogP contribution is 2.58. The zero-order chi connectivity index (χ0) is 40.7. The molecule has 0 aliphatic heterocycles. The van der Waals surface area contributed by atoms with E-state index < -0.39 is 0 Å². The number of benzene rings is 9. The molecule has 0 fully saturated rings. The van der Waals surface area contributed by atoms with Gasteiger partial charge in [-0.1, -0.05) is 187 Å². The van der Waals surface area contributed by atoms with Crippen LogP contribution in [-0.4, -0.2) is 0 Å². The Hall–Kier alpha value is -6.70. The zero-order valence-electron chi connectivity index (χ0n) is 35.2. The van der Waals surface area contributed by atoms with Crippen LogP contribution in [0.25, 0.3) is 66.1 Å². The number of hydrogen-bond acceptors (Lipinski definition) is 1. The van der Waals surface area contributed by atoms with Crippen LogP contribution in [0.4, 0.5) is 17.1 Å². The van der Waals surface area contributed by atoms with Gasteiger partial charge in [0.1, 0.15) is 0 Å². The molecule has 0 aromatic heterocycles. The lowest BCUT2D eigenvalue weighted by Gasteiger charge is -2.40. The number of anilines is 3. The van der Waals surface area contributed by atoms with Crippen molar-refractivity contribution in [3.05, 3.63) is 209 Å². The maximum Gasteiger partial charge on any atom is 0.0540 e. The minimum atomic E-state index is -0.312. The number of nitrogens with zero attached hydrogens (tertiary/aromatic N) is 1. The Morgan fingerprint density at radius 3 is 1.65 bits per heavy atom. The molecule has 0 saturated carbocycles. The lowest BCUT2D eigenvalue weighted by atomic mass is 9.66. The number of hydrogen-bond donors (Lipinski definition) is 0. The first-order chi connectivity index (χ1) is 29.0. The van der Waals surface area contributed by atoms with Gasteiger partial charge < -0.3 is 4.90 Å². The largest absolute Gasteiger partial charge is 0.310 e. The molecule has 9 aromatic carbocycles. The smallest absolute Gasteiger partial charge is 0.0540 e. The quantitative estimate of drug-likeness (QED) is 0.172. The van der Waals surface area contributed by atoms with E-state index in [9.17, 15) is 0 Å². The summed E-state index contributed by atoms with van der Waals surface area (Å²) in [5, 5.41) is 5.12. The highest BCUT2D eigenvalue weighted by Gasteiger charge is 2.41. The summed E-state index contributed by atoms with van der Waals surface area (Å²) in [5.74, 6) is 0. The van der Waals surface area contributed by atoms with Gasteiger partial charge in [0, 0.05) is 27.3 Å². The Balaban J connectivity index is 1.13. The molecule has 1 heteroatoms. The van der Waals surface area contributed by atoms with E-state index >= 15 is 0 Å². The van der Waals surface area contributed by atoms with Crippen LogP contribution in [0.1, 0.15) is 74.9 Å². The van der Waals surface area contributed by atoms with Gasteiger partial charge in [0.05, 0.1) is 11.4 Å². The second kappa shape index (κ2) is 12.2. The lowest BCUT2D eigenvalue weighted by molar-refractivity contribution is 0.645. The van der Waals surface area contributed by atoms with Gasteiger partial charge in [0.25, 0.3) is 0 Å². The molecule has 0 heterocycles. The fraction of sp³-hybridized carbons (Fsp3) is 0.153. The molecular formula is C59H47N. The van der Waals surface area contributed by atoms with Gasteiger partial charge in [-0.15, -0.1) is 0 Å². The molecule has 0 spiro atoms. The maximum atomic E-state index is 2.57. The van der Waals surface area contributed by atoms with Crippen LogP contribution in [0.5, 0.6) is 0 Å². The average Bonchev–Trinajstić information content (AvgIpc) is 3.64. The Morgan fingerprint density at radius 1 is 0.350 bits per heavy atom. The van der Waals surface area contributed by atoms with Crippen molar-refractivity contribution in [2.45, 2.75) is 57.8 Å². The predicted octanol–water partition coefficient (Wildman–Crippen LogP) is 16.0. The monoisotopic (exact) mass is 769 g/mol. The third-order valence-corrected chi connectivity index (χ3v) is 14.6. The molecule has 3 aliphatic rings. The van der Waals surface area contributed by atoms with Crippen LogP contribution in [0.15, 0.2) is 176 Å². The molecule has 12 rings (SSSR count). The molecular weight excluding hydrogens is 723 g/mol. The normalized spacial score (nSPS) is 15.6. The standard InChI is InChI=1S/C59H47N/c1-57(2)47-23-11-9-20-42(47)44-32-29-38(34-50(44)57)41-31-28-37-18-13-25-49-54(37)55(41)46-22-15-27-53(56(46)59(49,5)6)60(52-26-14-17-36-16-7-8-19-40(36)52)39-30-33-45-43-21-10-12-24-48(43)58(3,4)51(45)35-39/h7-35H,1-6H3. The van der Waals surface area contributed by atoms with E-state index in [4.69, 9.17) is 0 Å². The van der Waals surface area contributed by atoms with Crippen molar-refractivity contribution >= 4 is 38.6 Å². The molecule has 3 aliphatic carbocycles. The van der Waals surface area contributed by atoms with E-state index in [1.807, 2.05) is 0 Å². The van der Waals surface area contributed by atoms with Crippen molar-refractivity contribution in [1.29, 1.82) is 0 Å². The maximum absolute atomic E-state index is 2.57. The van der Waals surface area contributed by atoms with Crippen LogP contribution < -0.4 is 4.90 Å². The summed E-state index contributed by atoms with van der Waals surface area (Å²) in [6.07, 6.45) is 0. The van der Waals surface area contributed by atoms with Crippen LogP contribution >= 0.6 is 0 Å². The predicted molar refractivity (Wildman–Crippen MR) is 254 cm³/mol. The molecule has 288 valence electrons. The molecule has 0 radical (unpaired) electrons. The van der Waals surface area contributed by atoms with Crippen LogP contribution in [0.2, 0.25) is 0 Å². The second-order valence-corrected chi connectivity index (χ2v) is 18.9. The fourth-order valence-corrected chi connectivity index (χ4v) is 11.7. The van der Waals surface area contributed by atoms with E-state index in [-0.39, 0.29) is 16.2 Å². The van der Waals surface area contributed by atoms with Gasteiger partial charge in [0.15, 0.2) is 0 Å². The van der Waals surface area contributed by atoms with Gasteiger partial charge in [-0.3, -0.25) is 0 Å². The molecule has 0 N–H and O–H groups in total. The number of rotatable bonds is 4. The summed E-state index contributed by atoms with van der Waals surface area (Å²) in [5.41, 5.74) is 21.9. The highest BCUT2D eigenvalue weighted by atomic mass is 15.1. The first-order valence-electron chi connectivity index (χ1n) is 21.5. The van der Waals surface area contributed by atoms with Crippen molar-refractivity contribution in [1.82, 2.24) is 0 Å². The van der Waals surface area contributed by atoms with E-state index in [0.717, 1.165) is 0 Å². The minimum absolute atomic E-state index is 0.0843. The molecule has 9 aromatic rings. The molecule has 0 bridgehead atoms. The lowest BCUT2D eigenvalue weighted by Crippen LogP contribution is -2.27. The summed E-state index contributed by atoms with van der Waals surface area (Å²) >= 11 is 0. The van der Waals surface area contributed by atoms with Gasteiger partial charge in [-0.25, -0.2) is 0 Å². The SMILES string of the molecule is CC1(C)c2ccccc2-c2ccc(-c3ccc4cccc5c4c3-c3cccc(N(c4ccc6c(c4)C(C)(C)c4ccccc4-6)c4cccc6ccccc46)c3C5(C)C)cc21. The first kappa shape index (κ1) is 35.3. The topological polar surface area (TPSA) is 3.24 Å². The van der Waals surface area contributed by atoms with Gasteiger partial charge in [-0.2, -0.15) is 0 Å². The first-order valence-corrected chi connectivity index (χ1v) is 21.5. The van der Waals surface area contributed by atoms with E-state index in [0.29, 0.717) is 0 Å². The van der Waals surface area contributed by atoms with Crippen molar-refractivity contribution < 1.29 is 0 Å². The molecule has 1 nitrogen and oxygen atoms in total. The Morgan fingerprint density at radius 2 is 0.883 bits per heavy atom. The summed E-state index contributed by atoms with van der Waals surface area (Å²) in [4.78, 5) is 2.57. The summed E-state index contributed by atoms with van der Waals surface area (Å²) in [6, 6.07) is 66.7. The molecule has 60 heavy (non-hydrogen) atoms. The van der Waals surface area contributed by atoms with Crippen molar-refractivity contribution in [3.8, 4) is 44.5 Å². The average molecular weight is 770 g/mol. The van der Waals surface area contributed by atoms with Gasteiger partial charge in [0.2, 0.25) is 0 Å². The Kier molecular flexibility index (Phi) is 7.16. The Bertz CT molecular complexity index is 3300. The molecule has 0 saturated heterocycles. The zero-order valence-corrected chi connectivity index (χ0v) is 35.2. The Labute approximate surface area is 353 Å².